The van der Waals surface area contributed by atoms with E-state index in [1.807, 2.05) is 31.2 Å². The van der Waals surface area contributed by atoms with Gasteiger partial charge in [-0.25, -0.2) is 0 Å². The van der Waals surface area contributed by atoms with Crippen LogP contribution in [0.15, 0.2) is 24.3 Å². The molecule has 1 aromatic rings. The summed E-state index contributed by atoms with van der Waals surface area (Å²) in [6, 6.07) is 7.75. The minimum atomic E-state index is -0.809. The molecule has 0 saturated heterocycles. The lowest BCUT2D eigenvalue weighted by Crippen LogP contribution is -2.13. The molecule has 0 heterocycles. The second-order valence-corrected chi connectivity index (χ2v) is 4.53. The molecule has 0 aliphatic heterocycles. The largest absolute Gasteiger partial charge is 0.481 e. The second kappa shape index (κ2) is 7.13. The number of carbonyl (C=O) groups is 1. The van der Waals surface area contributed by atoms with Crippen LogP contribution in [-0.2, 0) is 16.0 Å². The van der Waals surface area contributed by atoms with Crippen molar-refractivity contribution in [2.75, 3.05) is 7.11 Å². The first kappa shape index (κ1) is 14.7. The Morgan fingerprint density at radius 3 is 2.50 bits per heavy atom. The third-order valence-electron chi connectivity index (χ3n) is 3.00. The fraction of sp³-hybridized carbons (Fsp3) is 0.500. The van der Waals surface area contributed by atoms with Crippen LogP contribution in [0.1, 0.15) is 36.9 Å². The number of aliphatic carboxylic acids is 1. The van der Waals surface area contributed by atoms with E-state index in [1.165, 1.54) is 5.56 Å². The van der Waals surface area contributed by atoms with Gasteiger partial charge in [-0.2, -0.15) is 0 Å². The molecule has 0 bridgehead atoms. The van der Waals surface area contributed by atoms with E-state index in [4.69, 9.17) is 15.6 Å². The predicted molar refractivity (Wildman–Crippen MR) is 70.4 cm³/mol. The normalized spacial score (nSPS) is 14.2. The van der Waals surface area contributed by atoms with E-state index in [9.17, 15) is 4.79 Å². The fourth-order valence-electron chi connectivity index (χ4n) is 1.76. The van der Waals surface area contributed by atoms with E-state index in [0.717, 1.165) is 12.0 Å². The zero-order valence-corrected chi connectivity index (χ0v) is 10.9. The number of carboxylic acid groups (broad SMARTS) is 1. The topological polar surface area (TPSA) is 72.5 Å². The minimum Gasteiger partial charge on any atom is -0.481 e. The first-order chi connectivity index (χ1) is 8.52. The van der Waals surface area contributed by atoms with E-state index in [-0.39, 0.29) is 18.6 Å². The van der Waals surface area contributed by atoms with Gasteiger partial charge in [-0.3, -0.25) is 4.79 Å². The highest BCUT2D eigenvalue weighted by atomic mass is 16.5. The average molecular weight is 251 g/mol. The van der Waals surface area contributed by atoms with Crippen molar-refractivity contribution < 1.29 is 14.6 Å². The third kappa shape index (κ3) is 4.85. The Balaban J connectivity index is 2.56. The summed E-state index contributed by atoms with van der Waals surface area (Å²) in [7, 11) is 1.70. The lowest BCUT2D eigenvalue weighted by Gasteiger charge is -2.13. The molecule has 2 atom stereocenters. The van der Waals surface area contributed by atoms with Gasteiger partial charge in [0.25, 0.3) is 0 Å². The SMILES string of the molecule is COC(C)Cc1ccc(C(N)CCC(=O)O)cc1. The van der Waals surface area contributed by atoms with Gasteiger partial charge in [0.1, 0.15) is 0 Å². The molecule has 0 radical (unpaired) electrons. The van der Waals surface area contributed by atoms with Gasteiger partial charge in [0.2, 0.25) is 0 Å². The van der Waals surface area contributed by atoms with Gasteiger partial charge in [-0.05, 0) is 30.9 Å². The van der Waals surface area contributed by atoms with Crippen molar-refractivity contribution in [2.45, 2.75) is 38.3 Å². The second-order valence-electron chi connectivity index (χ2n) is 4.53. The number of benzene rings is 1. The monoisotopic (exact) mass is 251 g/mol. The number of carboxylic acids is 1. The number of nitrogens with two attached hydrogens (primary N) is 1. The molecular formula is C14H21NO3. The number of methoxy groups -OCH3 is 1. The van der Waals surface area contributed by atoms with Crippen molar-refractivity contribution in [1.29, 1.82) is 0 Å². The number of rotatable bonds is 7. The van der Waals surface area contributed by atoms with Crippen LogP contribution in [0.2, 0.25) is 0 Å². The highest BCUT2D eigenvalue weighted by Crippen LogP contribution is 2.17. The Hall–Kier alpha value is -1.39. The molecule has 2 unspecified atom stereocenters. The molecule has 0 aromatic heterocycles. The summed E-state index contributed by atoms with van der Waals surface area (Å²) >= 11 is 0. The Morgan fingerprint density at radius 1 is 1.39 bits per heavy atom. The van der Waals surface area contributed by atoms with Crippen LogP contribution in [0, 0.1) is 0 Å². The molecular weight excluding hydrogens is 230 g/mol. The summed E-state index contributed by atoms with van der Waals surface area (Å²) in [6.45, 7) is 2.02. The van der Waals surface area contributed by atoms with Crippen LogP contribution in [0.25, 0.3) is 0 Å². The molecule has 0 saturated carbocycles. The zero-order valence-electron chi connectivity index (χ0n) is 10.9. The number of ether oxygens (including phenoxy) is 1. The van der Waals surface area contributed by atoms with Crippen LogP contribution >= 0.6 is 0 Å². The summed E-state index contributed by atoms with van der Waals surface area (Å²) < 4.78 is 5.21. The van der Waals surface area contributed by atoms with Gasteiger partial charge in [0, 0.05) is 19.6 Å². The van der Waals surface area contributed by atoms with Crippen molar-refractivity contribution in [1.82, 2.24) is 0 Å². The summed E-state index contributed by atoms with van der Waals surface area (Å²) in [6.07, 6.45) is 1.62. The van der Waals surface area contributed by atoms with E-state index in [0.29, 0.717) is 6.42 Å². The van der Waals surface area contributed by atoms with Gasteiger partial charge in [-0.1, -0.05) is 24.3 Å². The van der Waals surface area contributed by atoms with Gasteiger partial charge in [0.05, 0.1) is 6.10 Å². The van der Waals surface area contributed by atoms with Gasteiger partial charge >= 0.3 is 5.97 Å². The van der Waals surface area contributed by atoms with E-state index in [2.05, 4.69) is 0 Å². The van der Waals surface area contributed by atoms with Gasteiger partial charge in [-0.15, -0.1) is 0 Å². The van der Waals surface area contributed by atoms with Crippen LogP contribution in [-0.4, -0.2) is 24.3 Å². The minimum absolute atomic E-state index is 0.101. The van der Waals surface area contributed by atoms with Crippen molar-refractivity contribution in [2.24, 2.45) is 5.73 Å². The first-order valence-electron chi connectivity index (χ1n) is 6.12. The molecule has 3 N–H and O–H groups in total. The van der Waals surface area contributed by atoms with Crippen molar-refractivity contribution in [3.8, 4) is 0 Å². The van der Waals surface area contributed by atoms with E-state index in [1.54, 1.807) is 7.11 Å². The molecule has 1 aromatic carbocycles. The van der Waals surface area contributed by atoms with Gasteiger partial charge < -0.3 is 15.6 Å². The molecule has 0 fully saturated rings. The van der Waals surface area contributed by atoms with Gasteiger partial charge in [0.15, 0.2) is 0 Å². The molecule has 0 aliphatic carbocycles. The lowest BCUT2D eigenvalue weighted by molar-refractivity contribution is -0.137. The fourth-order valence-corrected chi connectivity index (χ4v) is 1.76. The van der Waals surface area contributed by atoms with Crippen LogP contribution in [0.3, 0.4) is 0 Å². The first-order valence-corrected chi connectivity index (χ1v) is 6.12. The molecule has 4 nitrogen and oxygen atoms in total. The predicted octanol–water partition coefficient (Wildman–Crippen LogP) is 2.13. The summed E-state index contributed by atoms with van der Waals surface area (Å²) in [5.74, 6) is -0.809. The molecule has 18 heavy (non-hydrogen) atoms. The van der Waals surface area contributed by atoms with E-state index >= 15 is 0 Å². The Labute approximate surface area is 108 Å². The van der Waals surface area contributed by atoms with E-state index < -0.39 is 5.97 Å². The zero-order chi connectivity index (χ0) is 13.5. The number of hydrogen-bond donors (Lipinski definition) is 2. The quantitative estimate of drug-likeness (QED) is 0.778. The Kier molecular flexibility index (Phi) is 5.82. The third-order valence-corrected chi connectivity index (χ3v) is 3.00. The highest BCUT2D eigenvalue weighted by Gasteiger charge is 2.09. The maximum Gasteiger partial charge on any atom is 0.303 e. The maximum atomic E-state index is 10.5. The summed E-state index contributed by atoms with van der Waals surface area (Å²) in [4.78, 5) is 10.5. The Morgan fingerprint density at radius 2 is 2.00 bits per heavy atom. The van der Waals surface area contributed by atoms with Crippen LogP contribution in [0.4, 0.5) is 0 Å². The summed E-state index contributed by atoms with van der Waals surface area (Å²) in [5, 5.41) is 8.61. The van der Waals surface area contributed by atoms with Crippen molar-refractivity contribution in [3.05, 3.63) is 35.4 Å². The summed E-state index contributed by atoms with van der Waals surface area (Å²) in [5.41, 5.74) is 8.10. The van der Waals surface area contributed by atoms with Crippen LogP contribution < -0.4 is 5.73 Å². The molecule has 100 valence electrons. The lowest BCUT2D eigenvalue weighted by atomic mass is 10.00. The standard InChI is InChI=1S/C14H21NO3/c1-10(18-2)9-11-3-5-12(6-4-11)13(15)7-8-14(16)17/h3-6,10,13H,7-9,15H2,1-2H3,(H,16,17). The van der Waals surface area contributed by atoms with Crippen LogP contribution in [0.5, 0.6) is 0 Å². The Bertz CT molecular complexity index is 375. The van der Waals surface area contributed by atoms with Crippen molar-refractivity contribution in [3.63, 3.8) is 0 Å². The molecule has 0 spiro atoms. The number of hydrogen-bond acceptors (Lipinski definition) is 3. The molecule has 1 rings (SSSR count). The average Bonchev–Trinajstić information content (AvgIpc) is 2.36. The molecule has 0 amide bonds. The smallest absolute Gasteiger partial charge is 0.303 e. The highest BCUT2D eigenvalue weighted by molar-refractivity contribution is 5.66. The molecule has 4 heteroatoms. The molecule has 0 aliphatic rings. The maximum absolute atomic E-state index is 10.5. The van der Waals surface area contributed by atoms with Crippen molar-refractivity contribution >= 4 is 5.97 Å².